The zero-order chi connectivity index (χ0) is 11.6. The molecule has 5 nitrogen and oxygen atoms in total. The maximum atomic E-state index is 12.0. The van der Waals surface area contributed by atoms with Crippen LogP contribution in [0.5, 0.6) is 0 Å². The van der Waals surface area contributed by atoms with Gasteiger partial charge in [0.2, 0.25) is 0 Å². The second-order valence-corrected chi connectivity index (χ2v) is 5.47. The van der Waals surface area contributed by atoms with Gasteiger partial charge in [0.15, 0.2) is 0 Å². The number of amides is 1. The van der Waals surface area contributed by atoms with Crippen molar-refractivity contribution < 1.29 is 9.63 Å². The number of carbonyl (C=O) groups excluding carboxylic acids is 1. The van der Waals surface area contributed by atoms with E-state index in [9.17, 15) is 4.79 Å². The molecule has 0 atom stereocenters. The van der Waals surface area contributed by atoms with Crippen molar-refractivity contribution >= 4 is 21.8 Å². The van der Waals surface area contributed by atoms with E-state index < -0.39 is 0 Å². The van der Waals surface area contributed by atoms with E-state index in [1.54, 1.807) is 13.2 Å². The average Bonchev–Trinajstić information content (AvgIpc) is 3.02. The van der Waals surface area contributed by atoms with Crippen LogP contribution in [-0.2, 0) is 15.2 Å². The lowest BCUT2D eigenvalue weighted by atomic mass is 10.2. The summed E-state index contributed by atoms with van der Waals surface area (Å²) in [7, 11) is 3.16. The van der Waals surface area contributed by atoms with Crippen LogP contribution in [0, 0.1) is 5.41 Å². The molecule has 0 aromatic carbocycles. The van der Waals surface area contributed by atoms with Gasteiger partial charge in [-0.05, 0) is 28.8 Å². The highest BCUT2D eigenvalue weighted by Crippen LogP contribution is 2.83. The van der Waals surface area contributed by atoms with Gasteiger partial charge in [-0.3, -0.25) is 14.3 Å². The number of halogens is 1. The lowest BCUT2D eigenvalue weighted by molar-refractivity contribution is -0.172. The molecule has 1 aromatic rings. The summed E-state index contributed by atoms with van der Waals surface area (Å²) in [6.45, 7) is 0. The lowest BCUT2D eigenvalue weighted by Crippen LogP contribution is -2.29. The van der Waals surface area contributed by atoms with Gasteiger partial charge in [-0.25, -0.2) is 5.06 Å². The summed E-state index contributed by atoms with van der Waals surface area (Å²) in [6, 6.07) is 0. The Morgan fingerprint density at radius 1 is 1.69 bits per heavy atom. The van der Waals surface area contributed by atoms with Crippen molar-refractivity contribution in [2.24, 2.45) is 5.41 Å². The van der Waals surface area contributed by atoms with E-state index in [1.807, 2.05) is 10.9 Å². The van der Waals surface area contributed by atoms with Crippen molar-refractivity contribution in [3.63, 3.8) is 0 Å². The highest BCUT2D eigenvalue weighted by Gasteiger charge is 2.90. The predicted octanol–water partition coefficient (Wildman–Crippen LogP) is 1.15. The molecule has 0 spiro atoms. The van der Waals surface area contributed by atoms with Gasteiger partial charge < -0.3 is 0 Å². The molecule has 0 N–H and O–H groups in total. The topological polar surface area (TPSA) is 47.4 Å². The first kappa shape index (κ1) is 10.3. The molecule has 0 bridgehead atoms. The van der Waals surface area contributed by atoms with Crippen molar-refractivity contribution in [3.8, 4) is 0 Å². The number of carbonyl (C=O) groups is 1. The summed E-state index contributed by atoms with van der Waals surface area (Å²) in [5.41, 5.74) is -0.313. The zero-order valence-electron chi connectivity index (χ0n) is 9.11. The highest BCUT2D eigenvalue weighted by atomic mass is 79.9. The Labute approximate surface area is 101 Å². The number of hydrogen-bond donors (Lipinski definition) is 0. The van der Waals surface area contributed by atoms with Gasteiger partial charge in [-0.2, -0.15) is 5.10 Å². The van der Waals surface area contributed by atoms with Gasteiger partial charge in [0.1, 0.15) is 0 Å². The molecule has 1 amide bonds. The van der Waals surface area contributed by atoms with Gasteiger partial charge in [0, 0.05) is 13.2 Å². The largest absolute Gasteiger partial charge is 0.275 e. The molecule has 2 aliphatic rings. The van der Waals surface area contributed by atoms with E-state index in [0.717, 1.165) is 17.3 Å². The minimum atomic E-state index is -0.247. The van der Waals surface area contributed by atoms with Crippen LogP contribution in [-0.4, -0.2) is 34.9 Å². The number of hydrogen-bond acceptors (Lipinski definition) is 3. The second-order valence-electron chi connectivity index (χ2n) is 4.56. The maximum absolute atomic E-state index is 12.0. The van der Waals surface area contributed by atoms with Crippen molar-refractivity contribution in [2.45, 2.75) is 18.4 Å². The standard InChI is InChI=1S/C10H12BrN3O2/c1-13(16-2)8(15)9-5-10(9,6-9)14-4-7(11)3-12-14/h3-4H,5-6H2,1-2H3. The Bertz CT molecular complexity index is 464. The molecule has 0 aliphatic heterocycles. The minimum absolute atomic E-state index is 0.0571. The van der Waals surface area contributed by atoms with Crippen LogP contribution in [0.1, 0.15) is 12.8 Å². The van der Waals surface area contributed by atoms with Crippen molar-refractivity contribution in [1.82, 2.24) is 14.8 Å². The first-order valence-corrected chi connectivity index (χ1v) is 5.88. The van der Waals surface area contributed by atoms with Crippen LogP contribution < -0.4 is 0 Å². The smallest absolute Gasteiger partial charge is 0.254 e. The SMILES string of the molecule is CON(C)C(=O)C12CC1(n1cc(Br)cn1)C2. The number of nitrogens with zero attached hydrogens (tertiary/aromatic N) is 3. The predicted molar refractivity (Wildman–Crippen MR) is 59.3 cm³/mol. The summed E-state index contributed by atoms with van der Waals surface area (Å²) in [5.74, 6) is 0.0571. The first-order chi connectivity index (χ1) is 7.56. The minimum Gasteiger partial charge on any atom is -0.275 e. The molecule has 0 unspecified atom stereocenters. The van der Waals surface area contributed by atoms with Gasteiger partial charge in [0.25, 0.3) is 5.91 Å². The fourth-order valence-electron chi connectivity index (χ4n) is 2.51. The summed E-state index contributed by atoms with van der Waals surface area (Å²) in [5, 5.41) is 5.57. The van der Waals surface area contributed by atoms with Crippen molar-refractivity contribution in [1.29, 1.82) is 0 Å². The van der Waals surface area contributed by atoms with Crippen molar-refractivity contribution in [3.05, 3.63) is 16.9 Å². The molecule has 2 fully saturated rings. The van der Waals surface area contributed by atoms with Gasteiger partial charge in [0.05, 0.1) is 28.7 Å². The Hall–Kier alpha value is -0.880. The summed E-state index contributed by atoms with van der Waals surface area (Å²) in [4.78, 5) is 17.0. The quantitative estimate of drug-likeness (QED) is 0.783. The Balaban J connectivity index is 1.82. The molecule has 6 heteroatoms. The van der Waals surface area contributed by atoms with Crippen LogP contribution in [0.3, 0.4) is 0 Å². The molecule has 86 valence electrons. The van der Waals surface area contributed by atoms with Crippen LogP contribution in [0.15, 0.2) is 16.9 Å². The Morgan fingerprint density at radius 3 is 2.88 bits per heavy atom. The molecule has 2 aliphatic carbocycles. The number of aromatic nitrogens is 2. The van der Waals surface area contributed by atoms with Crippen molar-refractivity contribution in [2.75, 3.05) is 14.2 Å². The van der Waals surface area contributed by atoms with Gasteiger partial charge >= 0.3 is 0 Å². The fourth-order valence-corrected chi connectivity index (χ4v) is 2.79. The molecular weight excluding hydrogens is 274 g/mol. The fraction of sp³-hybridized carbons (Fsp3) is 0.600. The monoisotopic (exact) mass is 285 g/mol. The van der Waals surface area contributed by atoms with Crippen LogP contribution >= 0.6 is 15.9 Å². The molecular formula is C10H12BrN3O2. The molecule has 2 saturated carbocycles. The maximum Gasteiger partial charge on any atom is 0.254 e. The van der Waals surface area contributed by atoms with E-state index in [4.69, 9.17) is 4.84 Å². The molecule has 0 radical (unpaired) electrons. The first-order valence-electron chi connectivity index (χ1n) is 5.09. The normalized spacial score (nSPS) is 34.4. The van der Waals surface area contributed by atoms with E-state index in [2.05, 4.69) is 21.0 Å². The van der Waals surface area contributed by atoms with Crippen LogP contribution in [0.4, 0.5) is 0 Å². The van der Waals surface area contributed by atoms with E-state index in [1.165, 1.54) is 12.2 Å². The third-order valence-electron chi connectivity index (χ3n) is 3.79. The van der Waals surface area contributed by atoms with E-state index in [-0.39, 0.29) is 16.9 Å². The lowest BCUT2D eigenvalue weighted by Gasteiger charge is -2.14. The number of fused-ring (bicyclic) bond motifs is 1. The highest BCUT2D eigenvalue weighted by molar-refractivity contribution is 9.10. The second kappa shape index (κ2) is 2.87. The summed E-state index contributed by atoms with van der Waals surface area (Å²) >= 11 is 3.36. The number of hydroxylamine groups is 2. The average molecular weight is 286 g/mol. The van der Waals surface area contributed by atoms with E-state index in [0.29, 0.717) is 0 Å². The third-order valence-corrected chi connectivity index (χ3v) is 4.20. The third kappa shape index (κ3) is 1.04. The molecule has 3 rings (SSSR count). The van der Waals surface area contributed by atoms with E-state index >= 15 is 0 Å². The van der Waals surface area contributed by atoms with Crippen LogP contribution in [0.25, 0.3) is 0 Å². The van der Waals surface area contributed by atoms with Gasteiger partial charge in [-0.1, -0.05) is 0 Å². The zero-order valence-corrected chi connectivity index (χ0v) is 10.7. The molecule has 1 aromatic heterocycles. The van der Waals surface area contributed by atoms with Crippen LogP contribution in [0.2, 0.25) is 0 Å². The molecule has 0 saturated heterocycles. The summed E-state index contributed by atoms with van der Waals surface area (Å²) in [6.07, 6.45) is 5.43. The summed E-state index contributed by atoms with van der Waals surface area (Å²) < 4.78 is 2.85. The molecule has 16 heavy (non-hydrogen) atoms. The number of rotatable bonds is 3. The Morgan fingerprint density at radius 2 is 2.38 bits per heavy atom. The van der Waals surface area contributed by atoms with Gasteiger partial charge in [-0.15, -0.1) is 0 Å². The molecule has 1 heterocycles. The Kier molecular flexibility index (Phi) is 1.84.